The maximum Gasteiger partial charge on any atom is 0.441 e. The van der Waals surface area contributed by atoms with Crippen molar-refractivity contribution < 1.29 is 18.0 Å². The minimum Gasteiger partial charge on any atom is -0.303 e. The van der Waals surface area contributed by atoms with E-state index in [0.29, 0.717) is 13.1 Å². The Morgan fingerprint density at radius 2 is 2.20 bits per heavy atom. The van der Waals surface area contributed by atoms with Crippen molar-refractivity contribution >= 4 is 18.0 Å². The molecule has 1 aliphatic rings. The van der Waals surface area contributed by atoms with E-state index < -0.39 is 5.51 Å². The summed E-state index contributed by atoms with van der Waals surface area (Å²) in [6.07, 6.45) is 2.68. The third kappa shape index (κ3) is 5.41. The molecule has 0 bridgehead atoms. The number of nitrogens with zero attached hydrogens (tertiary/aromatic N) is 1. The van der Waals surface area contributed by atoms with Gasteiger partial charge in [0.2, 0.25) is 0 Å². The van der Waals surface area contributed by atoms with Gasteiger partial charge in [0, 0.05) is 24.8 Å². The van der Waals surface area contributed by atoms with Gasteiger partial charge in [-0.05, 0) is 31.1 Å². The highest BCUT2D eigenvalue weighted by Gasteiger charge is 2.28. The van der Waals surface area contributed by atoms with Gasteiger partial charge in [-0.1, -0.05) is 0 Å². The van der Waals surface area contributed by atoms with Crippen LogP contribution >= 0.6 is 11.8 Å². The first kappa shape index (κ1) is 12.8. The van der Waals surface area contributed by atoms with Gasteiger partial charge in [-0.2, -0.15) is 13.2 Å². The Bertz CT molecular complexity index is 210. The van der Waals surface area contributed by atoms with Crippen molar-refractivity contribution in [2.45, 2.75) is 18.3 Å². The fraction of sp³-hybridized carbons (Fsp3) is 0.889. The lowest BCUT2D eigenvalue weighted by Gasteiger charge is -2.29. The summed E-state index contributed by atoms with van der Waals surface area (Å²) in [4.78, 5) is 12.5. The number of halogens is 3. The summed E-state index contributed by atoms with van der Waals surface area (Å²) in [5.74, 6) is 0.0596. The Hall–Kier alpha value is -0.230. The molecule has 1 atom stereocenters. The molecule has 2 nitrogen and oxygen atoms in total. The zero-order valence-electron chi connectivity index (χ0n) is 8.29. The van der Waals surface area contributed by atoms with Crippen molar-refractivity contribution in [2.75, 3.05) is 25.4 Å². The van der Waals surface area contributed by atoms with Crippen molar-refractivity contribution in [1.29, 1.82) is 0 Å². The lowest BCUT2D eigenvalue weighted by atomic mass is 10.00. The Labute approximate surface area is 91.2 Å². The van der Waals surface area contributed by atoms with Crippen LogP contribution in [0.2, 0.25) is 0 Å². The van der Waals surface area contributed by atoms with E-state index in [0.717, 1.165) is 25.7 Å². The van der Waals surface area contributed by atoms with Crippen LogP contribution in [-0.2, 0) is 4.79 Å². The summed E-state index contributed by atoms with van der Waals surface area (Å²) in [6.45, 7) is 1.83. The highest BCUT2D eigenvalue weighted by molar-refractivity contribution is 8.00. The second-order valence-corrected chi connectivity index (χ2v) is 4.79. The van der Waals surface area contributed by atoms with Crippen molar-refractivity contribution in [3.63, 3.8) is 0 Å². The molecular formula is C9H14F3NOS. The molecule has 1 fully saturated rings. The monoisotopic (exact) mass is 241 g/mol. The smallest absolute Gasteiger partial charge is 0.303 e. The van der Waals surface area contributed by atoms with Crippen LogP contribution in [0.25, 0.3) is 0 Å². The standard InChI is InChI=1S/C9H14F3NOS/c10-9(11,12)15-5-4-13-3-1-2-8(6-13)7-14/h7-8H,1-6H2. The zero-order chi connectivity index (χ0) is 11.3. The van der Waals surface area contributed by atoms with E-state index >= 15 is 0 Å². The lowest BCUT2D eigenvalue weighted by molar-refractivity contribution is -0.112. The second kappa shape index (κ2) is 5.75. The molecule has 1 unspecified atom stereocenters. The Balaban J connectivity index is 2.18. The zero-order valence-corrected chi connectivity index (χ0v) is 9.11. The van der Waals surface area contributed by atoms with Crippen LogP contribution < -0.4 is 0 Å². The number of rotatable bonds is 4. The molecule has 6 heteroatoms. The summed E-state index contributed by atoms with van der Waals surface area (Å²) in [5, 5.41) is 0. The highest BCUT2D eigenvalue weighted by atomic mass is 32.2. The summed E-state index contributed by atoms with van der Waals surface area (Å²) in [7, 11) is 0. The number of carbonyl (C=O) groups is 1. The molecule has 1 saturated heterocycles. The average molecular weight is 241 g/mol. The van der Waals surface area contributed by atoms with E-state index in [9.17, 15) is 18.0 Å². The maximum absolute atomic E-state index is 11.8. The molecule has 0 spiro atoms. The lowest BCUT2D eigenvalue weighted by Crippen LogP contribution is -2.37. The van der Waals surface area contributed by atoms with Crippen LogP contribution in [0.4, 0.5) is 13.2 Å². The molecule has 0 amide bonds. The van der Waals surface area contributed by atoms with Crippen LogP contribution in [0, 0.1) is 5.92 Å². The van der Waals surface area contributed by atoms with Crippen LogP contribution in [0.5, 0.6) is 0 Å². The summed E-state index contributed by atoms with van der Waals surface area (Å²) in [5.41, 5.74) is -4.14. The second-order valence-electron chi connectivity index (χ2n) is 3.63. The van der Waals surface area contributed by atoms with Crippen LogP contribution in [0.15, 0.2) is 0 Å². The number of thioether (sulfide) groups is 1. The first-order chi connectivity index (χ1) is 7.01. The van der Waals surface area contributed by atoms with Gasteiger partial charge >= 0.3 is 5.51 Å². The van der Waals surface area contributed by atoms with E-state index in [-0.39, 0.29) is 23.4 Å². The average Bonchev–Trinajstić information content (AvgIpc) is 2.16. The number of alkyl halides is 3. The van der Waals surface area contributed by atoms with Crippen molar-refractivity contribution in [1.82, 2.24) is 4.90 Å². The van der Waals surface area contributed by atoms with Gasteiger partial charge in [-0.3, -0.25) is 0 Å². The van der Waals surface area contributed by atoms with Gasteiger partial charge in [0.1, 0.15) is 6.29 Å². The molecule has 1 aliphatic heterocycles. The maximum atomic E-state index is 11.8. The molecule has 0 saturated carbocycles. The number of likely N-dealkylation sites (tertiary alicyclic amines) is 1. The van der Waals surface area contributed by atoms with Crippen molar-refractivity contribution in [3.05, 3.63) is 0 Å². The predicted molar refractivity (Wildman–Crippen MR) is 53.7 cm³/mol. The number of hydrogen-bond donors (Lipinski definition) is 0. The van der Waals surface area contributed by atoms with Gasteiger partial charge in [-0.25, -0.2) is 0 Å². The molecule has 88 valence electrons. The highest BCUT2D eigenvalue weighted by Crippen LogP contribution is 2.30. The van der Waals surface area contributed by atoms with Crippen molar-refractivity contribution in [3.8, 4) is 0 Å². The van der Waals surface area contributed by atoms with Crippen LogP contribution in [0.1, 0.15) is 12.8 Å². The minimum atomic E-state index is -4.14. The molecular weight excluding hydrogens is 227 g/mol. The van der Waals surface area contributed by atoms with Crippen LogP contribution in [-0.4, -0.2) is 42.1 Å². The fourth-order valence-corrected chi connectivity index (χ4v) is 2.28. The number of aldehydes is 1. The SMILES string of the molecule is O=CC1CCCN(CCSC(F)(F)F)C1. The largest absolute Gasteiger partial charge is 0.441 e. The number of hydrogen-bond acceptors (Lipinski definition) is 3. The number of carbonyl (C=O) groups excluding carboxylic acids is 1. The Morgan fingerprint density at radius 1 is 1.47 bits per heavy atom. The molecule has 1 heterocycles. The topological polar surface area (TPSA) is 20.3 Å². The van der Waals surface area contributed by atoms with Crippen molar-refractivity contribution in [2.24, 2.45) is 5.92 Å². The molecule has 0 radical (unpaired) electrons. The van der Waals surface area contributed by atoms with E-state index in [4.69, 9.17) is 0 Å². The van der Waals surface area contributed by atoms with Crippen LogP contribution in [0.3, 0.4) is 0 Å². The molecule has 15 heavy (non-hydrogen) atoms. The number of piperidine rings is 1. The van der Waals surface area contributed by atoms with Gasteiger partial charge < -0.3 is 9.69 Å². The van der Waals surface area contributed by atoms with Gasteiger partial charge in [0.25, 0.3) is 0 Å². The Morgan fingerprint density at radius 3 is 2.80 bits per heavy atom. The molecule has 0 aromatic heterocycles. The third-order valence-electron chi connectivity index (χ3n) is 2.41. The predicted octanol–water partition coefficient (Wildman–Crippen LogP) is 2.15. The van der Waals surface area contributed by atoms with Gasteiger partial charge in [0.15, 0.2) is 0 Å². The van der Waals surface area contributed by atoms with E-state index in [1.54, 1.807) is 0 Å². The van der Waals surface area contributed by atoms with E-state index in [1.807, 2.05) is 4.90 Å². The van der Waals surface area contributed by atoms with E-state index in [2.05, 4.69) is 0 Å². The first-order valence-corrected chi connectivity index (χ1v) is 5.88. The molecule has 0 aliphatic carbocycles. The molecule has 0 aromatic carbocycles. The van der Waals surface area contributed by atoms with Gasteiger partial charge in [-0.15, -0.1) is 0 Å². The normalized spacial score (nSPS) is 24.1. The quantitative estimate of drug-likeness (QED) is 0.703. The Kier molecular flexibility index (Phi) is 4.92. The molecule has 0 N–H and O–H groups in total. The summed E-state index contributed by atoms with van der Waals surface area (Å²) >= 11 is 0.00605. The van der Waals surface area contributed by atoms with E-state index in [1.165, 1.54) is 0 Å². The summed E-state index contributed by atoms with van der Waals surface area (Å²) in [6, 6.07) is 0. The molecule has 0 aromatic rings. The molecule has 1 rings (SSSR count). The first-order valence-electron chi connectivity index (χ1n) is 4.89. The fourth-order valence-electron chi connectivity index (χ4n) is 1.70. The minimum absolute atomic E-state index is 0.00605. The van der Waals surface area contributed by atoms with Gasteiger partial charge in [0.05, 0.1) is 0 Å². The summed E-state index contributed by atoms with van der Waals surface area (Å²) < 4.78 is 35.5. The third-order valence-corrected chi connectivity index (χ3v) is 3.12.